The fourth-order valence-electron chi connectivity index (χ4n) is 22.4. The lowest BCUT2D eigenvalue weighted by Gasteiger charge is -2.30. The van der Waals surface area contributed by atoms with Gasteiger partial charge in [0.05, 0.1) is 0 Å². The summed E-state index contributed by atoms with van der Waals surface area (Å²) in [5.74, 6) is 0. The molecule has 0 N–H and O–H groups in total. The molecule has 13 aromatic carbocycles. The summed E-state index contributed by atoms with van der Waals surface area (Å²) in [5, 5.41) is 37.9. The molecular weight excluding hydrogens is 1370 g/mol. The molecule has 0 atom stereocenters. The van der Waals surface area contributed by atoms with E-state index in [1.54, 1.807) is 163 Å². The SMILES string of the molecule is CCCCCCCCCCCCc1cc2c3cc(CCCCCCCCCCCC)cc4c5cc(CCCCCCCCCCCC)cc6c7cc(CCCCCCCCCCCC)cc8c9cc(CCCCCCCCCCCC)cc%10c%11cc(CCCCCCCCCCCC)cc%12c(c1)c2c1c(c34)c(c56)c(c78)c(c%109)c1c%12%11. The summed E-state index contributed by atoms with van der Waals surface area (Å²) >= 11 is 0. The first-order valence-corrected chi connectivity index (χ1v) is 50.8. The highest BCUT2D eigenvalue weighted by atomic mass is 14.4. The summed E-state index contributed by atoms with van der Waals surface area (Å²) in [4.78, 5) is 0. The molecule has 0 aliphatic rings. The monoisotopic (exact) mass is 1530 g/mol. The minimum absolute atomic E-state index is 1.16. The van der Waals surface area contributed by atoms with Gasteiger partial charge in [0.25, 0.3) is 0 Å². The van der Waals surface area contributed by atoms with Crippen molar-refractivity contribution in [2.24, 2.45) is 0 Å². The molecule has 0 nitrogen and oxygen atoms in total. The van der Waals surface area contributed by atoms with Gasteiger partial charge in [-0.05, 0) is 240 Å². The van der Waals surface area contributed by atoms with E-state index in [0.717, 1.165) is 38.5 Å². The summed E-state index contributed by atoms with van der Waals surface area (Å²) in [6, 6.07) is 33.8. The van der Waals surface area contributed by atoms with Gasteiger partial charge in [-0.1, -0.05) is 461 Å². The lowest BCUT2D eigenvalue weighted by molar-refractivity contribution is 0.556. The van der Waals surface area contributed by atoms with E-state index in [1.807, 2.05) is 0 Å². The highest BCUT2D eigenvalue weighted by Crippen LogP contribution is 2.61. The van der Waals surface area contributed by atoms with Crippen LogP contribution in [0.3, 0.4) is 0 Å². The van der Waals surface area contributed by atoms with Crippen molar-refractivity contribution in [2.75, 3.05) is 0 Å². The molecule has 0 aliphatic carbocycles. The topological polar surface area (TPSA) is 0 Å². The smallest absolute Gasteiger partial charge is 0.0000472 e. The fraction of sp³-hybridized carbons (Fsp3) is 0.632. The first kappa shape index (κ1) is 86.4. The highest BCUT2D eigenvalue weighted by Gasteiger charge is 2.33. The average Bonchev–Trinajstić information content (AvgIpc) is 0.642. The summed E-state index contributed by atoms with van der Waals surface area (Å²) < 4.78 is 0. The first-order chi connectivity index (χ1) is 56.5. The molecule has 0 bridgehead atoms. The summed E-state index contributed by atoms with van der Waals surface area (Å²) in [6.07, 6.45) is 89.6. The molecular formula is C114H162. The van der Waals surface area contributed by atoms with Crippen molar-refractivity contribution in [1.29, 1.82) is 0 Å². The predicted octanol–water partition coefficient (Wildman–Crippen LogP) is 38.9. The molecule has 0 aromatic heterocycles. The Morgan fingerprint density at radius 1 is 0.105 bits per heavy atom. The second kappa shape index (κ2) is 46.2. The normalized spacial score (nSPS) is 12.7. The Morgan fingerprint density at radius 2 is 0.193 bits per heavy atom. The summed E-state index contributed by atoms with van der Waals surface area (Å²) in [5.41, 5.74) is 9.49. The molecule has 0 spiro atoms. The Hall–Kier alpha value is -5.46. The molecule has 0 saturated heterocycles. The van der Waals surface area contributed by atoms with Crippen molar-refractivity contribution in [3.63, 3.8) is 0 Å². The minimum atomic E-state index is 1.16. The van der Waals surface area contributed by atoms with Gasteiger partial charge in [0.15, 0.2) is 0 Å². The maximum atomic E-state index is 2.82. The summed E-state index contributed by atoms with van der Waals surface area (Å²) in [7, 11) is 0. The average molecular weight is 1530 g/mol. The van der Waals surface area contributed by atoms with E-state index in [4.69, 9.17) is 0 Å². The number of rotatable bonds is 66. The maximum Gasteiger partial charge on any atom is -0.0000472 e. The van der Waals surface area contributed by atoms with Crippen molar-refractivity contribution in [1.82, 2.24) is 0 Å². The van der Waals surface area contributed by atoms with Gasteiger partial charge in [-0.15, -0.1) is 0 Å². The maximum absolute atomic E-state index is 2.82. The minimum Gasteiger partial charge on any atom is -0.0654 e. The van der Waals surface area contributed by atoms with Crippen LogP contribution in [0.5, 0.6) is 0 Å². The van der Waals surface area contributed by atoms with Gasteiger partial charge < -0.3 is 0 Å². The molecule has 0 unspecified atom stereocenters. The number of unbranched alkanes of at least 4 members (excludes halogenated alkanes) is 54. The molecule has 618 valence electrons. The molecule has 0 fully saturated rings. The first-order valence-electron chi connectivity index (χ1n) is 50.8. The Balaban J connectivity index is 1.01. The molecule has 13 rings (SSSR count). The second-order valence-corrected chi connectivity index (χ2v) is 38.2. The van der Waals surface area contributed by atoms with Gasteiger partial charge >= 0.3 is 0 Å². The third-order valence-corrected chi connectivity index (χ3v) is 28.8. The van der Waals surface area contributed by atoms with Crippen molar-refractivity contribution in [3.8, 4) is 0 Å². The van der Waals surface area contributed by atoms with Crippen molar-refractivity contribution in [2.45, 2.75) is 465 Å². The van der Waals surface area contributed by atoms with Gasteiger partial charge in [0.1, 0.15) is 0 Å². The lowest BCUT2D eigenvalue weighted by atomic mass is 9.72. The molecule has 0 heteroatoms. The third-order valence-electron chi connectivity index (χ3n) is 28.8. The Bertz CT molecular complexity index is 3860. The van der Waals surface area contributed by atoms with Crippen LogP contribution in [0.15, 0.2) is 72.8 Å². The van der Waals surface area contributed by atoms with Crippen LogP contribution >= 0.6 is 0 Å². The Kier molecular flexibility index (Phi) is 35.0. The molecule has 114 heavy (non-hydrogen) atoms. The van der Waals surface area contributed by atoms with Crippen LogP contribution in [-0.2, 0) is 38.5 Å². The number of fused-ring (bicyclic) bond motifs is 6. The van der Waals surface area contributed by atoms with Crippen LogP contribution in [0.25, 0.3) is 129 Å². The predicted molar refractivity (Wildman–Crippen MR) is 517 cm³/mol. The van der Waals surface area contributed by atoms with Crippen molar-refractivity contribution in [3.05, 3.63) is 106 Å². The Labute approximate surface area is 696 Å². The van der Waals surface area contributed by atoms with Gasteiger partial charge in [-0.25, -0.2) is 0 Å². The Morgan fingerprint density at radius 3 is 0.289 bits per heavy atom. The van der Waals surface area contributed by atoms with E-state index in [0.29, 0.717) is 0 Å². The quantitative estimate of drug-likeness (QED) is 0.0202. The molecule has 13 aromatic rings. The van der Waals surface area contributed by atoms with E-state index >= 15 is 0 Å². The van der Waals surface area contributed by atoms with Crippen LogP contribution in [0.1, 0.15) is 460 Å². The molecule has 0 saturated carbocycles. The van der Waals surface area contributed by atoms with Gasteiger partial charge in [0.2, 0.25) is 0 Å². The van der Waals surface area contributed by atoms with Crippen molar-refractivity contribution < 1.29 is 0 Å². The zero-order valence-corrected chi connectivity index (χ0v) is 74.6. The number of hydrogen-bond acceptors (Lipinski definition) is 0. The number of aryl methyl sites for hydroxylation is 6. The van der Waals surface area contributed by atoms with Crippen LogP contribution in [0, 0.1) is 0 Å². The van der Waals surface area contributed by atoms with E-state index in [-0.39, 0.29) is 0 Å². The van der Waals surface area contributed by atoms with E-state index in [2.05, 4.69) is 114 Å². The van der Waals surface area contributed by atoms with Crippen LogP contribution in [0.4, 0.5) is 0 Å². The van der Waals surface area contributed by atoms with E-state index in [1.165, 1.54) is 385 Å². The summed E-state index contributed by atoms with van der Waals surface area (Å²) in [6.45, 7) is 14.1. The van der Waals surface area contributed by atoms with E-state index < -0.39 is 0 Å². The zero-order valence-electron chi connectivity index (χ0n) is 74.6. The van der Waals surface area contributed by atoms with Crippen LogP contribution < -0.4 is 0 Å². The van der Waals surface area contributed by atoms with Gasteiger partial charge in [-0.2, -0.15) is 0 Å². The second-order valence-electron chi connectivity index (χ2n) is 38.2. The fourth-order valence-corrected chi connectivity index (χ4v) is 22.4. The van der Waals surface area contributed by atoms with Gasteiger partial charge in [-0.3, -0.25) is 0 Å². The number of benzene rings is 13. The van der Waals surface area contributed by atoms with Gasteiger partial charge in [0, 0.05) is 0 Å². The van der Waals surface area contributed by atoms with Crippen molar-refractivity contribution >= 4 is 129 Å². The third kappa shape index (κ3) is 21.6. The highest BCUT2D eigenvalue weighted by molar-refractivity contribution is 6.61. The zero-order chi connectivity index (χ0) is 78.5. The molecule has 0 radical (unpaired) electrons. The molecule has 0 heterocycles. The molecule has 0 amide bonds. The van der Waals surface area contributed by atoms with Crippen LogP contribution in [0.2, 0.25) is 0 Å². The number of hydrogen-bond donors (Lipinski definition) is 0. The van der Waals surface area contributed by atoms with E-state index in [9.17, 15) is 0 Å². The lowest BCUT2D eigenvalue weighted by Crippen LogP contribution is -2.03. The van der Waals surface area contributed by atoms with Crippen LogP contribution in [-0.4, -0.2) is 0 Å². The largest absolute Gasteiger partial charge is 0.0654 e. The standard InChI is InChI=1S/C114H162/c1-7-13-19-25-31-37-43-49-55-61-67-85-73-91-93-75-86(68-62-56-50-44-38-32-26-20-14-8-2)77-95-97-79-88(70-64-58-52-46-40-34-28-22-16-10-4)81-99-101-83-90(72-66-60-54-48-42-36-30-24-18-12-6)84-102-100-82-89(71-65-59-53-47-41-35-29-23-17-11-5)80-98-96-78-87(69-63-57-51-45-39-33-27-21-15-9-3)76-94-92(74-85)103(91)109-110(104(93)95)112(106(97)99)114(108(101)102)113(107(98)100)111(109)105(94)96/h73-84H,7-72H2,1-6H3. The molecule has 0 aliphatic heterocycles.